The van der Waals surface area contributed by atoms with Gasteiger partial charge in [-0.25, -0.2) is 4.79 Å². The fraction of sp³-hybridized carbons (Fsp3) is 0.800. The molecule has 0 spiro atoms. The van der Waals surface area contributed by atoms with Crippen molar-refractivity contribution < 1.29 is 48.5 Å². The Morgan fingerprint density at radius 3 is 1.81 bits per heavy atom. The zero-order valence-corrected chi connectivity index (χ0v) is 13.2. The quantitative estimate of drug-likeness (QED) is 0.160. The van der Waals surface area contributed by atoms with Crippen LogP contribution in [0.1, 0.15) is 6.92 Å². The van der Waals surface area contributed by atoms with Crippen molar-refractivity contribution >= 4 is 19.5 Å². The summed E-state index contributed by atoms with van der Waals surface area (Å²) in [6, 6.07) is 0. The summed E-state index contributed by atoms with van der Waals surface area (Å²) in [5.41, 5.74) is 0. The number of rotatable bonds is 5. The van der Waals surface area contributed by atoms with Crippen LogP contribution in [0.2, 0.25) is 0 Å². The Balaban J connectivity index is 0. The smallest absolute Gasteiger partial charge is 0.359 e. The molecule has 0 aliphatic heterocycles. The topological polar surface area (TPSA) is 162 Å². The van der Waals surface area contributed by atoms with E-state index in [0.29, 0.717) is 4.48 Å². The van der Waals surface area contributed by atoms with Crippen LogP contribution >= 0.6 is 7.60 Å². The highest BCUT2D eigenvalue weighted by Crippen LogP contribution is 2.39. The molecule has 10 nitrogen and oxygen atoms in total. The Bertz CT molecular complexity index is 386. The van der Waals surface area contributed by atoms with Gasteiger partial charge in [-0.3, -0.25) is 9.36 Å². The number of quaternary nitrogens is 1. The van der Waals surface area contributed by atoms with Crippen molar-refractivity contribution in [2.24, 2.45) is 0 Å². The molecular formula is C10H23NO9P+. The molecule has 0 saturated heterocycles. The van der Waals surface area contributed by atoms with E-state index in [0.717, 1.165) is 6.92 Å². The zero-order chi connectivity index (χ0) is 17.4. The van der Waals surface area contributed by atoms with E-state index >= 15 is 0 Å². The van der Waals surface area contributed by atoms with Gasteiger partial charge < -0.3 is 34.3 Å². The molecule has 2 unspecified atom stereocenters. The summed E-state index contributed by atoms with van der Waals surface area (Å²) >= 11 is 0. The van der Waals surface area contributed by atoms with Crippen molar-refractivity contribution in [1.82, 2.24) is 0 Å². The first kappa shape index (κ1) is 22.4. The van der Waals surface area contributed by atoms with Gasteiger partial charge in [-0.05, 0) is 0 Å². The molecule has 0 aromatic heterocycles. The monoisotopic (exact) mass is 332 g/mol. The average molecular weight is 332 g/mol. The predicted molar refractivity (Wildman–Crippen MR) is 70.8 cm³/mol. The number of hydrogen-bond acceptors (Lipinski definition) is 7. The van der Waals surface area contributed by atoms with Crippen molar-refractivity contribution in [3.8, 4) is 0 Å². The second-order valence-electron chi connectivity index (χ2n) is 5.15. The van der Waals surface area contributed by atoms with Crippen LogP contribution in [0.3, 0.4) is 0 Å². The summed E-state index contributed by atoms with van der Waals surface area (Å²) < 4.78 is 14.7. The fourth-order valence-electron chi connectivity index (χ4n) is 0.880. The van der Waals surface area contributed by atoms with Crippen molar-refractivity contribution in [3.05, 3.63) is 0 Å². The third-order valence-electron chi connectivity index (χ3n) is 1.79. The van der Waals surface area contributed by atoms with Gasteiger partial charge in [-0.15, -0.1) is 0 Å². The summed E-state index contributed by atoms with van der Waals surface area (Å²) in [5, 5.41) is 25.6. The molecule has 5 N–H and O–H groups in total. The number of aliphatic hydroxyl groups excluding tert-OH is 3. The third-order valence-corrected chi connectivity index (χ3v) is 2.73. The number of likely N-dealkylation sites (N-methyl/N-ethyl adjacent to an activating group) is 1. The van der Waals surface area contributed by atoms with Crippen molar-refractivity contribution in [2.75, 3.05) is 34.3 Å². The lowest BCUT2D eigenvalue weighted by Crippen LogP contribution is -2.41. The van der Waals surface area contributed by atoms with E-state index in [1.165, 1.54) is 0 Å². The van der Waals surface area contributed by atoms with Crippen LogP contribution in [0, 0.1) is 0 Å². The molecule has 0 radical (unpaired) electrons. The van der Waals surface area contributed by atoms with E-state index in [9.17, 15) is 14.2 Å². The van der Waals surface area contributed by atoms with Crippen molar-refractivity contribution in [2.45, 2.75) is 18.9 Å². The van der Waals surface area contributed by atoms with Gasteiger partial charge in [0.25, 0.3) is 0 Å². The normalized spacial score (nSPS) is 14.5. The number of ether oxygens (including phenoxy) is 1. The van der Waals surface area contributed by atoms with Gasteiger partial charge in [-0.1, -0.05) is 0 Å². The van der Waals surface area contributed by atoms with Gasteiger partial charge >= 0.3 is 19.5 Å². The molecular weight excluding hydrogens is 309 g/mol. The summed E-state index contributed by atoms with van der Waals surface area (Å²) in [6.45, 7) is 0.332. The number of carbonyl (C=O) groups is 2. The van der Waals surface area contributed by atoms with E-state index in [1.54, 1.807) is 21.1 Å². The standard InChI is InChI=1S/C5H14NO4P.C5H8O5/c1-6(2,3)4-5(7)11(8,9)10;1-3(7)10-5(9)4(8)2-6/h5,7H,4H2,1-3H3,(H-,8,9,10);4,6,8H,2H2,1H3/p+1. The van der Waals surface area contributed by atoms with Crippen LogP contribution in [-0.4, -0.2) is 87.8 Å². The van der Waals surface area contributed by atoms with Gasteiger partial charge in [0.05, 0.1) is 27.7 Å². The van der Waals surface area contributed by atoms with Crippen LogP contribution < -0.4 is 0 Å². The highest BCUT2D eigenvalue weighted by atomic mass is 31.2. The lowest BCUT2D eigenvalue weighted by molar-refractivity contribution is -0.872. The maximum atomic E-state index is 10.4. The van der Waals surface area contributed by atoms with Gasteiger partial charge in [0, 0.05) is 6.92 Å². The maximum absolute atomic E-state index is 10.4. The Labute approximate surface area is 122 Å². The predicted octanol–water partition coefficient (Wildman–Crippen LogP) is -2.38. The molecule has 11 heteroatoms. The lowest BCUT2D eigenvalue weighted by Gasteiger charge is -2.26. The van der Waals surface area contributed by atoms with E-state index in [2.05, 4.69) is 4.74 Å². The minimum Gasteiger partial charge on any atom is -0.393 e. The van der Waals surface area contributed by atoms with Gasteiger partial charge in [-0.2, -0.15) is 0 Å². The second-order valence-corrected chi connectivity index (χ2v) is 6.93. The zero-order valence-electron chi connectivity index (χ0n) is 12.3. The van der Waals surface area contributed by atoms with Gasteiger partial charge in [0.2, 0.25) is 5.85 Å². The Kier molecular flexibility index (Phi) is 9.83. The highest BCUT2D eigenvalue weighted by Gasteiger charge is 2.31. The number of esters is 2. The number of nitrogens with zero attached hydrogens (tertiary/aromatic N) is 1. The van der Waals surface area contributed by atoms with Crippen LogP contribution in [0.5, 0.6) is 0 Å². The Morgan fingerprint density at radius 2 is 1.62 bits per heavy atom. The fourth-order valence-corrected chi connectivity index (χ4v) is 1.58. The van der Waals surface area contributed by atoms with Crippen molar-refractivity contribution in [3.63, 3.8) is 0 Å². The highest BCUT2D eigenvalue weighted by molar-refractivity contribution is 7.52. The lowest BCUT2D eigenvalue weighted by atomic mass is 10.4. The third kappa shape index (κ3) is 13.9. The molecule has 0 saturated carbocycles. The van der Waals surface area contributed by atoms with Crippen LogP contribution in [0.4, 0.5) is 0 Å². The van der Waals surface area contributed by atoms with Gasteiger partial charge in [0.1, 0.15) is 6.54 Å². The average Bonchev–Trinajstić information content (AvgIpc) is 2.24. The molecule has 0 bridgehead atoms. The maximum Gasteiger partial charge on any atom is 0.359 e. The molecule has 2 atom stereocenters. The van der Waals surface area contributed by atoms with Crippen LogP contribution in [-0.2, 0) is 18.9 Å². The molecule has 126 valence electrons. The number of carbonyl (C=O) groups excluding carboxylic acids is 2. The van der Waals surface area contributed by atoms with Crippen molar-refractivity contribution in [1.29, 1.82) is 0 Å². The Morgan fingerprint density at radius 1 is 1.19 bits per heavy atom. The first-order chi connectivity index (χ1) is 9.20. The molecule has 0 aromatic carbocycles. The van der Waals surface area contributed by atoms with E-state index in [-0.39, 0.29) is 6.54 Å². The Hall–Kier alpha value is -0.870. The number of aliphatic hydroxyl groups is 3. The minimum absolute atomic E-state index is 0.0459. The summed E-state index contributed by atoms with van der Waals surface area (Å²) in [7, 11) is 0.933. The summed E-state index contributed by atoms with van der Waals surface area (Å²) in [4.78, 5) is 37.4. The molecule has 0 heterocycles. The summed E-state index contributed by atoms with van der Waals surface area (Å²) in [5.74, 6) is -3.49. The molecule has 0 aliphatic rings. The number of hydrogen-bond donors (Lipinski definition) is 5. The molecule has 0 aromatic rings. The SMILES string of the molecule is CC(=O)OC(=O)C(O)CO.C[N+](C)(C)CC(O)P(=O)(O)O. The van der Waals surface area contributed by atoms with E-state index < -0.39 is 38.1 Å². The largest absolute Gasteiger partial charge is 0.393 e. The first-order valence-corrected chi connectivity index (χ1v) is 7.43. The molecule has 0 aliphatic carbocycles. The van der Waals surface area contributed by atoms with E-state index in [4.69, 9.17) is 25.1 Å². The van der Waals surface area contributed by atoms with Crippen LogP contribution in [0.25, 0.3) is 0 Å². The molecule has 0 amide bonds. The summed E-state index contributed by atoms with van der Waals surface area (Å²) in [6.07, 6.45) is -1.62. The second kappa shape index (κ2) is 9.21. The first-order valence-electron chi connectivity index (χ1n) is 5.75. The van der Waals surface area contributed by atoms with Gasteiger partial charge in [0.15, 0.2) is 6.10 Å². The molecule has 0 fully saturated rings. The van der Waals surface area contributed by atoms with E-state index in [1.807, 2.05) is 0 Å². The molecule has 0 rings (SSSR count). The molecule has 21 heavy (non-hydrogen) atoms. The van der Waals surface area contributed by atoms with Crippen LogP contribution in [0.15, 0.2) is 0 Å². The minimum atomic E-state index is -4.31.